The summed E-state index contributed by atoms with van der Waals surface area (Å²) in [6, 6.07) is 18.8. The first kappa shape index (κ1) is 37.1. The molecule has 6 aliphatic heterocycles. The van der Waals surface area contributed by atoms with Crippen LogP contribution >= 0.6 is 11.6 Å². The van der Waals surface area contributed by atoms with Gasteiger partial charge in [0.15, 0.2) is 0 Å². The summed E-state index contributed by atoms with van der Waals surface area (Å²) in [5, 5.41) is 2.75. The van der Waals surface area contributed by atoms with Gasteiger partial charge in [0.05, 0.1) is 17.7 Å². The number of piperazine rings is 1. The van der Waals surface area contributed by atoms with Gasteiger partial charge in [-0.15, -0.1) is 0 Å². The second-order valence-electron chi connectivity index (χ2n) is 16.5. The van der Waals surface area contributed by atoms with Crippen LogP contribution < -0.4 is 20.0 Å². The van der Waals surface area contributed by atoms with Crippen LogP contribution in [0, 0.1) is 12.0 Å². The van der Waals surface area contributed by atoms with Crippen molar-refractivity contribution in [3.63, 3.8) is 0 Å². The zero-order chi connectivity index (χ0) is 39.6. The summed E-state index contributed by atoms with van der Waals surface area (Å²) in [5.41, 5.74) is 5.11. The molecular formula is C43H45ClN8O5. The minimum absolute atomic E-state index is 0.0577. The molecule has 14 heteroatoms. The van der Waals surface area contributed by atoms with Gasteiger partial charge in [-0.3, -0.25) is 39.1 Å². The highest BCUT2D eigenvalue weighted by Crippen LogP contribution is 2.46. The highest BCUT2D eigenvalue weighted by atomic mass is 35.5. The number of anilines is 3. The van der Waals surface area contributed by atoms with E-state index in [0.717, 1.165) is 87.0 Å². The molecule has 0 aromatic heterocycles. The van der Waals surface area contributed by atoms with E-state index in [1.54, 1.807) is 12.1 Å². The molecular weight excluding hydrogens is 744 g/mol. The fraction of sp³-hybridized carbons (Fsp3) is 0.442. The van der Waals surface area contributed by atoms with Crippen molar-refractivity contribution >= 4 is 63.9 Å². The number of hydrogen-bond acceptors (Lipinski definition) is 9. The molecule has 6 aliphatic rings. The lowest BCUT2D eigenvalue weighted by molar-refractivity contribution is -0.136. The maximum absolute atomic E-state index is 13.5. The summed E-state index contributed by atoms with van der Waals surface area (Å²) in [6.07, 6.45) is 3.55. The Bertz CT molecular complexity index is 2200. The van der Waals surface area contributed by atoms with Crippen molar-refractivity contribution in [1.29, 1.82) is 0 Å². The molecule has 5 fully saturated rings. The molecule has 1 unspecified atom stereocenters. The molecule has 0 saturated carbocycles. The van der Waals surface area contributed by atoms with E-state index in [9.17, 15) is 24.0 Å². The summed E-state index contributed by atoms with van der Waals surface area (Å²) in [6.45, 7) is 17.0. The van der Waals surface area contributed by atoms with Crippen molar-refractivity contribution in [3.8, 4) is 0 Å². The van der Waals surface area contributed by atoms with Crippen molar-refractivity contribution < 1.29 is 24.0 Å². The number of carbonyl (C=O) groups is 5. The molecule has 3 aromatic rings. The van der Waals surface area contributed by atoms with E-state index in [0.29, 0.717) is 41.4 Å². The maximum atomic E-state index is 13.5. The van der Waals surface area contributed by atoms with Gasteiger partial charge in [-0.2, -0.15) is 0 Å². The lowest BCUT2D eigenvalue weighted by atomic mass is 9.76. The van der Waals surface area contributed by atoms with Crippen molar-refractivity contribution in [2.24, 2.45) is 5.41 Å². The number of benzene rings is 3. The largest absolute Gasteiger partial charge is 0.371 e. The van der Waals surface area contributed by atoms with Gasteiger partial charge in [0, 0.05) is 105 Å². The van der Waals surface area contributed by atoms with E-state index in [1.807, 2.05) is 41.3 Å². The topological polar surface area (TPSA) is 121 Å². The standard InChI is InChI=1S/C43H45ClN8O5/c1-27-23-43(26-51(27)31-8-10-36(45-2)35(44)22-31)13-15-47(16-14-43)29-5-3-28(4-6-29)40(55)50-24-32(25-50)49-19-17-48(18-20-49)30-7-9-33-34(21-30)42(57)52(41(33)56)37-11-12-38(53)46-39(37)54/h3-10,21-22,27,32,37H,11-20,23-26H2,1H3,(H,46,53,54)/t27-,37?/m0/s1. The molecule has 5 saturated heterocycles. The number of nitrogens with zero attached hydrogens (tertiary/aromatic N) is 7. The van der Waals surface area contributed by atoms with E-state index >= 15 is 0 Å². The molecule has 6 heterocycles. The zero-order valence-corrected chi connectivity index (χ0v) is 32.7. The molecule has 9 rings (SSSR count). The fourth-order valence-electron chi connectivity index (χ4n) is 9.88. The van der Waals surface area contributed by atoms with Crippen LogP contribution in [0.4, 0.5) is 22.7 Å². The molecule has 0 bridgehead atoms. The third-order valence-electron chi connectivity index (χ3n) is 13.2. The van der Waals surface area contributed by atoms with E-state index in [4.69, 9.17) is 18.2 Å². The van der Waals surface area contributed by atoms with Crippen molar-refractivity contribution in [1.82, 2.24) is 20.0 Å². The van der Waals surface area contributed by atoms with Crippen LogP contribution in [0.5, 0.6) is 0 Å². The Hall–Kier alpha value is -5.45. The molecule has 1 spiro atoms. The molecule has 0 radical (unpaired) electrons. The maximum Gasteiger partial charge on any atom is 0.262 e. The average Bonchev–Trinajstić information content (AvgIpc) is 3.65. The van der Waals surface area contributed by atoms with Gasteiger partial charge in [-0.1, -0.05) is 17.7 Å². The second kappa shape index (κ2) is 14.5. The molecule has 13 nitrogen and oxygen atoms in total. The van der Waals surface area contributed by atoms with E-state index in [1.165, 1.54) is 0 Å². The first-order valence-corrected chi connectivity index (χ1v) is 20.3. The van der Waals surface area contributed by atoms with E-state index in [-0.39, 0.29) is 35.3 Å². The van der Waals surface area contributed by atoms with E-state index in [2.05, 4.69) is 48.8 Å². The van der Waals surface area contributed by atoms with Gasteiger partial charge in [0.2, 0.25) is 17.5 Å². The average molecular weight is 789 g/mol. The monoisotopic (exact) mass is 788 g/mol. The molecule has 294 valence electrons. The van der Waals surface area contributed by atoms with Gasteiger partial charge in [0.1, 0.15) is 6.04 Å². The number of halogens is 1. The van der Waals surface area contributed by atoms with Gasteiger partial charge < -0.3 is 19.6 Å². The highest BCUT2D eigenvalue weighted by Gasteiger charge is 2.46. The number of rotatable bonds is 6. The SMILES string of the molecule is [C-]#[N+]c1ccc(N2CC3(CCN(c4ccc(C(=O)N5CC(N6CCN(c7ccc8c(c7)C(=O)N(C7CCC(=O)NC7=O)C8=O)CC6)C5)cc4)CC3)C[C@@H]2C)cc1Cl. The molecule has 2 atom stereocenters. The summed E-state index contributed by atoms with van der Waals surface area (Å²) in [5.74, 6) is -1.96. The predicted molar refractivity (Wildman–Crippen MR) is 216 cm³/mol. The number of likely N-dealkylation sites (tertiary alicyclic amines) is 1. The Morgan fingerprint density at radius 3 is 2.18 bits per heavy atom. The number of nitrogens with one attached hydrogen (secondary N) is 1. The zero-order valence-electron chi connectivity index (χ0n) is 32.0. The quantitative estimate of drug-likeness (QED) is 0.277. The number of piperidine rings is 2. The third kappa shape index (κ3) is 6.68. The Labute approximate surface area is 336 Å². The molecule has 5 amide bonds. The smallest absolute Gasteiger partial charge is 0.262 e. The summed E-state index contributed by atoms with van der Waals surface area (Å²) in [7, 11) is 0. The second-order valence-corrected chi connectivity index (χ2v) is 16.9. The van der Waals surface area contributed by atoms with Crippen molar-refractivity contribution in [2.45, 2.75) is 57.2 Å². The fourth-order valence-corrected chi connectivity index (χ4v) is 10.1. The third-order valence-corrected chi connectivity index (χ3v) is 13.5. The van der Waals surface area contributed by atoms with Crippen LogP contribution in [-0.2, 0) is 9.59 Å². The number of hydrogen-bond donors (Lipinski definition) is 1. The Morgan fingerprint density at radius 2 is 1.49 bits per heavy atom. The van der Waals surface area contributed by atoms with E-state index < -0.39 is 29.7 Å². The van der Waals surface area contributed by atoms with Crippen LogP contribution in [0.25, 0.3) is 4.85 Å². The predicted octanol–water partition coefficient (Wildman–Crippen LogP) is 4.82. The minimum atomic E-state index is -0.984. The summed E-state index contributed by atoms with van der Waals surface area (Å²) < 4.78 is 0. The van der Waals surface area contributed by atoms with Gasteiger partial charge >= 0.3 is 0 Å². The number of amides is 5. The molecule has 1 N–H and O–H groups in total. The Kier molecular flexibility index (Phi) is 9.44. The number of fused-ring (bicyclic) bond motifs is 1. The van der Waals surface area contributed by atoms with Crippen molar-refractivity contribution in [3.05, 3.63) is 93.8 Å². The number of imide groups is 2. The van der Waals surface area contributed by atoms with Gasteiger partial charge in [0.25, 0.3) is 17.7 Å². The normalized spacial score (nSPS) is 23.8. The lowest BCUT2D eigenvalue weighted by Gasteiger charge is -2.48. The summed E-state index contributed by atoms with van der Waals surface area (Å²) >= 11 is 6.38. The Morgan fingerprint density at radius 1 is 0.825 bits per heavy atom. The molecule has 57 heavy (non-hydrogen) atoms. The van der Waals surface area contributed by atoms with Crippen molar-refractivity contribution in [2.75, 3.05) is 73.6 Å². The van der Waals surface area contributed by atoms with Crippen LogP contribution in [0.3, 0.4) is 0 Å². The molecule has 0 aliphatic carbocycles. The van der Waals surface area contributed by atoms with Gasteiger partial charge in [-0.25, -0.2) is 4.85 Å². The van der Waals surface area contributed by atoms with Crippen LogP contribution in [0.2, 0.25) is 5.02 Å². The van der Waals surface area contributed by atoms with Crippen LogP contribution in [0.15, 0.2) is 60.7 Å². The highest BCUT2D eigenvalue weighted by molar-refractivity contribution is 6.33. The minimum Gasteiger partial charge on any atom is -0.371 e. The Balaban J connectivity index is 0.740. The lowest BCUT2D eigenvalue weighted by Crippen LogP contribution is -2.64. The van der Waals surface area contributed by atoms with Gasteiger partial charge in [-0.05, 0) is 92.6 Å². The van der Waals surface area contributed by atoms with Crippen LogP contribution in [-0.4, -0.2) is 121 Å². The number of carbonyl (C=O) groups excluding carboxylic acids is 5. The van der Waals surface area contributed by atoms with Crippen LogP contribution in [0.1, 0.15) is 70.1 Å². The first-order chi connectivity index (χ1) is 27.5. The molecule has 3 aromatic carbocycles. The first-order valence-electron chi connectivity index (χ1n) is 19.9. The summed E-state index contributed by atoms with van der Waals surface area (Å²) in [4.78, 5) is 79.9.